The lowest BCUT2D eigenvalue weighted by Gasteiger charge is -2.32. The van der Waals surface area contributed by atoms with Crippen molar-refractivity contribution in [2.45, 2.75) is 30.2 Å². The predicted molar refractivity (Wildman–Crippen MR) is 83.3 cm³/mol. The number of likely N-dealkylation sites (tertiary alicyclic amines) is 1. The predicted octanol–water partition coefficient (Wildman–Crippen LogP) is 2.25. The normalized spacial score (nSPS) is 20.7. The number of nitrogens with zero attached hydrogens (tertiary/aromatic N) is 2. The molecule has 21 heavy (non-hydrogen) atoms. The van der Waals surface area contributed by atoms with Crippen molar-refractivity contribution in [2.24, 2.45) is 0 Å². The summed E-state index contributed by atoms with van der Waals surface area (Å²) in [4.78, 5) is 4.10. The van der Waals surface area contributed by atoms with Crippen molar-refractivity contribution in [1.29, 1.82) is 0 Å². The summed E-state index contributed by atoms with van der Waals surface area (Å²) >= 11 is 1.76. The lowest BCUT2D eigenvalue weighted by Crippen LogP contribution is -2.34. The fourth-order valence-corrected chi connectivity index (χ4v) is 4.53. The number of aromatic amines is 1. The molecule has 3 rings (SSSR count). The first-order valence-electron chi connectivity index (χ1n) is 7.02. The molecule has 1 aliphatic rings. The highest BCUT2D eigenvalue weighted by atomic mass is 32.2. The third-order valence-corrected chi connectivity index (χ3v) is 5.89. The molecule has 1 aliphatic heterocycles. The van der Waals surface area contributed by atoms with Gasteiger partial charge in [0, 0.05) is 30.1 Å². The average molecular weight is 325 g/mol. The zero-order valence-corrected chi connectivity index (χ0v) is 13.6. The zero-order chi connectivity index (χ0) is 14.9. The van der Waals surface area contributed by atoms with Crippen LogP contribution in [0.4, 0.5) is 0 Å². The van der Waals surface area contributed by atoms with Gasteiger partial charge in [-0.15, -0.1) is 11.3 Å². The Morgan fingerprint density at radius 1 is 1.52 bits per heavy atom. The second kappa shape index (κ2) is 5.90. The molecule has 5 nitrogen and oxygen atoms in total. The van der Waals surface area contributed by atoms with Crippen molar-refractivity contribution >= 4 is 21.2 Å². The van der Waals surface area contributed by atoms with Gasteiger partial charge >= 0.3 is 0 Å². The summed E-state index contributed by atoms with van der Waals surface area (Å²) in [6.07, 6.45) is 4.76. The lowest BCUT2D eigenvalue weighted by molar-refractivity contribution is 0.199. The Hall–Kier alpha value is -1.18. The van der Waals surface area contributed by atoms with Crippen LogP contribution in [-0.4, -0.2) is 42.9 Å². The van der Waals surface area contributed by atoms with E-state index in [1.807, 2.05) is 0 Å². The monoisotopic (exact) mass is 325 g/mol. The molecule has 0 saturated carbocycles. The molecule has 0 amide bonds. The van der Waals surface area contributed by atoms with Crippen molar-refractivity contribution in [3.63, 3.8) is 0 Å². The number of hydrogen-bond acceptors (Lipinski definition) is 5. The molecular weight excluding hydrogens is 306 g/mol. The largest absolute Gasteiger partial charge is 0.298 e. The Kier molecular flexibility index (Phi) is 4.14. The first kappa shape index (κ1) is 14.7. The molecule has 0 aromatic carbocycles. The minimum atomic E-state index is -3.22. The smallest absolute Gasteiger partial charge is 0.178 e. The Balaban J connectivity index is 1.76. The van der Waals surface area contributed by atoms with Crippen LogP contribution in [0.5, 0.6) is 0 Å². The first-order chi connectivity index (χ1) is 10.0. The summed E-state index contributed by atoms with van der Waals surface area (Å²) in [5.74, 6) is 0.214. The van der Waals surface area contributed by atoms with Gasteiger partial charge in [0.2, 0.25) is 0 Å². The van der Waals surface area contributed by atoms with Crippen molar-refractivity contribution in [1.82, 2.24) is 15.1 Å². The number of rotatable bonds is 4. The highest BCUT2D eigenvalue weighted by molar-refractivity contribution is 7.90. The van der Waals surface area contributed by atoms with Crippen LogP contribution in [-0.2, 0) is 16.4 Å². The number of thiophene rings is 1. The van der Waals surface area contributed by atoms with Crippen LogP contribution < -0.4 is 0 Å². The molecule has 0 unspecified atom stereocenters. The molecule has 0 aliphatic carbocycles. The van der Waals surface area contributed by atoms with Gasteiger partial charge in [0.1, 0.15) is 4.90 Å². The Morgan fingerprint density at radius 2 is 2.38 bits per heavy atom. The molecule has 1 saturated heterocycles. The number of piperidine rings is 1. The minimum absolute atomic E-state index is 0.214. The fourth-order valence-electron chi connectivity index (χ4n) is 2.93. The van der Waals surface area contributed by atoms with Crippen LogP contribution in [0.1, 0.15) is 29.3 Å². The van der Waals surface area contributed by atoms with E-state index in [4.69, 9.17) is 0 Å². The van der Waals surface area contributed by atoms with Crippen molar-refractivity contribution in [3.8, 4) is 0 Å². The van der Waals surface area contributed by atoms with E-state index in [2.05, 4.69) is 32.6 Å². The number of sulfone groups is 1. The second-order valence-electron chi connectivity index (χ2n) is 5.57. The summed E-state index contributed by atoms with van der Waals surface area (Å²) in [5.41, 5.74) is 0.772. The highest BCUT2D eigenvalue weighted by Gasteiger charge is 2.27. The highest BCUT2D eigenvalue weighted by Crippen LogP contribution is 2.30. The van der Waals surface area contributed by atoms with E-state index in [0.29, 0.717) is 4.90 Å². The minimum Gasteiger partial charge on any atom is -0.298 e. The molecule has 2 aromatic heterocycles. The quantitative estimate of drug-likeness (QED) is 0.936. The van der Waals surface area contributed by atoms with Gasteiger partial charge < -0.3 is 0 Å². The molecule has 3 heterocycles. The molecule has 1 fully saturated rings. The Labute approximate surface area is 128 Å². The van der Waals surface area contributed by atoms with Gasteiger partial charge in [0.05, 0.1) is 11.9 Å². The van der Waals surface area contributed by atoms with Crippen LogP contribution >= 0.6 is 11.3 Å². The van der Waals surface area contributed by atoms with Crippen molar-refractivity contribution in [2.75, 3.05) is 19.3 Å². The summed E-state index contributed by atoms with van der Waals surface area (Å²) in [6.45, 7) is 2.88. The van der Waals surface area contributed by atoms with Crippen molar-refractivity contribution in [3.05, 3.63) is 34.3 Å². The Morgan fingerprint density at radius 3 is 3.10 bits per heavy atom. The van der Waals surface area contributed by atoms with E-state index in [1.54, 1.807) is 11.3 Å². The molecule has 0 spiro atoms. The van der Waals surface area contributed by atoms with Crippen LogP contribution in [0.25, 0.3) is 0 Å². The first-order valence-corrected chi connectivity index (χ1v) is 9.79. The molecule has 1 atom stereocenters. The Bertz CT molecular complexity index is 692. The standard InChI is InChI=1S/C14H19N3O2S2/c1-21(18,19)13-8-15-16-14(13)11-4-2-6-17(9-11)10-12-5-3-7-20-12/h3,5,7-8,11H,2,4,6,9-10H2,1H3,(H,15,16)/t11-/m0/s1. The number of H-pyrrole nitrogens is 1. The summed E-state index contributed by atoms with van der Waals surface area (Å²) < 4.78 is 23.6. The van der Waals surface area contributed by atoms with Gasteiger partial charge in [-0.3, -0.25) is 10.00 Å². The average Bonchev–Trinajstić information content (AvgIpc) is 3.08. The van der Waals surface area contributed by atoms with E-state index in [-0.39, 0.29) is 5.92 Å². The maximum Gasteiger partial charge on any atom is 0.178 e. The lowest BCUT2D eigenvalue weighted by atomic mass is 9.95. The maximum atomic E-state index is 11.8. The van der Waals surface area contributed by atoms with Crippen molar-refractivity contribution < 1.29 is 8.42 Å². The van der Waals surface area contributed by atoms with Gasteiger partial charge in [-0.2, -0.15) is 5.10 Å². The molecule has 1 N–H and O–H groups in total. The maximum absolute atomic E-state index is 11.8. The van der Waals surface area contributed by atoms with E-state index in [0.717, 1.165) is 38.2 Å². The summed E-state index contributed by atoms with van der Waals surface area (Å²) in [7, 11) is -3.22. The van der Waals surface area contributed by atoms with Gasteiger partial charge in [0.25, 0.3) is 0 Å². The van der Waals surface area contributed by atoms with E-state index < -0.39 is 9.84 Å². The molecule has 114 valence electrons. The molecule has 7 heteroatoms. The van der Waals surface area contributed by atoms with Gasteiger partial charge in [0.15, 0.2) is 9.84 Å². The van der Waals surface area contributed by atoms with Gasteiger partial charge in [-0.25, -0.2) is 8.42 Å². The van der Waals surface area contributed by atoms with E-state index in [9.17, 15) is 8.42 Å². The third-order valence-electron chi connectivity index (χ3n) is 3.91. The molecule has 2 aromatic rings. The molecular formula is C14H19N3O2S2. The molecule has 0 radical (unpaired) electrons. The van der Waals surface area contributed by atoms with E-state index in [1.165, 1.54) is 17.3 Å². The number of aromatic nitrogens is 2. The summed E-state index contributed by atoms with van der Waals surface area (Å²) in [6, 6.07) is 4.21. The second-order valence-corrected chi connectivity index (χ2v) is 8.59. The van der Waals surface area contributed by atoms with Gasteiger partial charge in [-0.05, 0) is 30.8 Å². The topological polar surface area (TPSA) is 66.1 Å². The third kappa shape index (κ3) is 3.36. The van der Waals surface area contributed by atoms with Crippen LogP contribution in [0.15, 0.2) is 28.6 Å². The number of hydrogen-bond donors (Lipinski definition) is 1. The van der Waals surface area contributed by atoms with Crippen LogP contribution in [0.3, 0.4) is 0 Å². The van der Waals surface area contributed by atoms with E-state index >= 15 is 0 Å². The van der Waals surface area contributed by atoms with Crippen LogP contribution in [0.2, 0.25) is 0 Å². The molecule has 0 bridgehead atoms. The number of nitrogens with one attached hydrogen (secondary N) is 1. The van der Waals surface area contributed by atoms with Gasteiger partial charge in [-0.1, -0.05) is 6.07 Å². The summed E-state index contributed by atoms with van der Waals surface area (Å²) in [5, 5.41) is 8.94. The SMILES string of the molecule is CS(=O)(=O)c1cn[nH]c1[C@H]1CCCN(Cc2cccs2)C1. The zero-order valence-electron chi connectivity index (χ0n) is 11.9. The fraction of sp³-hybridized carbons (Fsp3) is 0.500. The van der Waals surface area contributed by atoms with Crippen LogP contribution in [0, 0.1) is 0 Å².